The molecule has 7 rings (SSSR count). The molecule has 6 aliphatic rings. The Morgan fingerprint density at radius 2 is 0.831 bits per heavy atom. The number of sulfonamides is 2. The Morgan fingerprint density at radius 1 is 0.506 bits per heavy atom. The van der Waals surface area contributed by atoms with Crippen molar-refractivity contribution in [3.05, 3.63) is 53.5 Å². The van der Waals surface area contributed by atoms with Crippen LogP contribution in [-0.4, -0.2) is 88.4 Å². The van der Waals surface area contributed by atoms with Crippen molar-refractivity contribution in [2.24, 2.45) is 35.5 Å². The molecule has 0 N–H and O–H groups in total. The first-order valence-electron chi connectivity index (χ1n) is 27.1. The van der Waals surface area contributed by atoms with Crippen LogP contribution in [0.5, 0.6) is 0 Å². The predicted molar refractivity (Wildman–Crippen MR) is 295 cm³/mol. The fourth-order valence-electron chi connectivity index (χ4n) is 9.05. The van der Waals surface area contributed by atoms with Gasteiger partial charge in [0.05, 0.1) is 39.3 Å². The number of allylic oxidation sites excluding steroid dienone is 4. The summed E-state index contributed by atoms with van der Waals surface area (Å²) in [7, 11) is -14.7. The molecule has 440 valence electrons. The summed E-state index contributed by atoms with van der Waals surface area (Å²) in [6.07, 6.45) is 16.4. The summed E-state index contributed by atoms with van der Waals surface area (Å²) in [5.41, 5.74) is -12.7. The fourth-order valence-corrected chi connectivity index (χ4v) is 11.8. The SMILES string of the molecule is CC(C)C1CC=C(B2OC(C)(C)C(C)(C)O2)CC1.CC(C)C1CCC(=O)CC1.CC1(C)OB(B2OC(C)(C)C(C)(C)O2)OC1(C)C.CC1=CCC(C(C)C)CC1.O=S(=O)(N(c1ccccc1)S(=O)(=O)C(F)(F)F)C(F)(F)F. The minimum Gasteiger partial charge on any atom is -0.405 e. The summed E-state index contributed by atoms with van der Waals surface area (Å²) in [6.45, 7) is 40.7. The van der Waals surface area contributed by atoms with Gasteiger partial charge in [0, 0.05) is 12.8 Å². The number of nitrogens with zero attached hydrogens (tertiary/aromatic N) is 1. The number of benzene rings is 1. The molecular formula is C54H90B3F6NO11S2. The summed E-state index contributed by atoms with van der Waals surface area (Å²) in [6, 6.07) is 3.85. The maximum atomic E-state index is 12.4. The van der Waals surface area contributed by atoms with Gasteiger partial charge < -0.3 is 27.9 Å². The second-order valence-corrected chi connectivity index (χ2v) is 29.1. The van der Waals surface area contributed by atoms with Crippen LogP contribution in [-0.2, 0) is 52.8 Å². The first-order chi connectivity index (χ1) is 34.7. The molecule has 3 aliphatic heterocycles. The lowest BCUT2D eigenvalue weighted by atomic mass is 9.49. The lowest BCUT2D eigenvalue weighted by molar-refractivity contribution is -0.121. The molecule has 0 radical (unpaired) electrons. The lowest BCUT2D eigenvalue weighted by Crippen LogP contribution is -2.49. The van der Waals surface area contributed by atoms with Crippen molar-refractivity contribution >= 4 is 52.7 Å². The van der Waals surface area contributed by atoms with Gasteiger partial charge in [0.15, 0.2) is 0 Å². The minimum absolute atomic E-state index is 0.122. The Kier molecular flexibility index (Phi) is 23.1. The van der Waals surface area contributed by atoms with Crippen LogP contribution < -0.4 is 3.71 Å². The van der Waals surface area contributed by atoms with E-state index in [1.165, 1.54) is 37.6 Å². The topological polar surface area (TPSA) is 144 Å². The van der Waals surface area contributed by atoms with Crippen LogP contribution in [0.1, 0.15) is 196 Å². The van der Waals surface area contributed by atoms with E-state index >= 15 is 0 Å². The number of anilines is 1. The largest absolute Gasteiger partial charge is 0.517 e. The summed E-state index contributed by atoms with van der Waals surface area (Å²) in [5.74, 6) is 5.51. The van der Waals surface area contributed by atoms with Crippen LogP contribution in [0.25, 0.3) is 0 Å². The van der Waals surface area contributed by atoms with Gasteiger partial charge >= 0.3 is 52.2 Å². The molecule has 4 fully saturated rings. The molecule has 2 unspecified atom stereocenters. The molecule has 3 heterocycles. The maximum Gasteiger partial charge on any atom is 0.517 e. The maximum absolute atomic E-state index is 12.4. The number of para-hydroxylation sites is 1. The molecule has 12 nitrogen and oxygen atoms in total. The van der Waals surface area contributed by atoms with Gasteiger partial charge in [-0.2, -0.15) is 43.2 Å². The van der Waals surface area contributed by atoms with Gasteiger partial charge in [0.2, 0.25) is 0 Å². The van der Waals surface area contributed by atoms with E-state index < -0.39 is 54.5 Å². The van der Waals surface area contributed by atoms with Crippen LogP contribution in [0, 0.1) is 35.5 Å². The third-order valence-electron chi connectivity index (χ3n) is 16.9. The zero-order valence-corrected chi connectivity index (χ0v) is 51.0. The lowest BCUT2D eigenvalue weighted by Gasteiger charge is -2.32. The van der Waals surface area contributed by atoms with Crippen LogP contribution in [0.4, 0.5) is 32.0 Å². The van der Waals surface area contributed by atoms with E-state index in [0.29, 0.717) is 17.9 Å². The number of carbonyl (C=O) groups is 1. The zero-order chi connectivity index (χ0) is 59.3. The Bertz CT molecular complexity index is 2260. The van der Waals surface area contributed by atoms with E-state index in [1.807, 2.05) is 55.4 Å². The van der Waals surface area contributed by atoms with Crippen molar-refractivity contribution in [2.75, 3.05) is 3.71 Å². The molecule has 23 heteroatoms. The van der Waals surface area contributed by atoms with Gasteiger partial charge in [-0.25, -0.2) is 0 Å². The highest BCUT2D eigenvalue weighted by Crippen LogP contribution is 2.45. The molecular weight excluding hydrogens is 1050 g/mol. The van der Waals surface area contributed by atoms with Gasteiger partial charge in [-0.05, 0) is 194 Å². The second kappa shape index (κ2) is 25.8. The second-order valence-electron chi connectivity index (χ2n) is 25.3. The standard InChI is InChI=1S/C15H27BO2.C12H24B2O4.C10H18.C9H16O.C8H5F6NO4S2/c1-11(2)12-7-9-13(10-8-12)16-17-14(3,4)15(5,6)18-16;1-9(2)10(3,4)16-13(15-9)14-17-11(5,6)12(7,8)18-14;1-8(2)10-6-4-9(3)5-7-10;1-7(2)8-3-5-9(10)6-4-8;9-7(10,11)20(16,17)15(6-4-2-1-3-5-6)21(18,19)8(12,13)14/h9,11-12H,7-8,10H2,1-6H3;1-8H3;4,8,10H,5-7H2,1-3H3;7-8H,3-6H2,1-2H3;1-5H. The Labute approximate surface area is 459 Å². The smallest absolute Gasteiger partial charge is 0.405 e. The molecule has 0 aromatic heterocycles. The Balaban J connectivity index is 0.000000260. The van der Waals surface area contributed by atoms with E-state index in [2.05, 4.69) is 88.3 Å². The number of alkyl halides is 6. The van der Waals surface area contributed by atoms with E-state index in [-0.39, 0.29) is 40.7 Å². The van der Waals surface area contributed by atoms with Gasteiger partial charge in [-0.1, -0.05) is 77.5 Å². The fraction of sp³-hybridized carbons (Fsp3) is 0.796. The molecule has 0 amide bonds. The normalized spacial score (nSPS) is 24.8. The van der Waals surface area contributed by atoms with Gasteiger partial charge in [-0.3, -0.25) is 4.79 Å². The van der Waals surface area contributed by atoms with Crippen LogP contribution in [0.15, 0.2) is 53.5 Å². The first kappa shape index (κ1) is 68.9. The average molecular weight is 1140 g/mol. The number of hydrogen-bond donors (Lipinski definition) is 0. The van der Waals surface area contributed by atoms with Crippen molar-refractivity contribution in [1.82, 2.24) is 0 Å². The monoisotopic (exact) mass is 1140 g/mol. The molecule has 0 bridgehead atoms. The summed E-state index contributed by atoms with van der Waals surface area (Å²) >= 11 is 0. The predicted octanol–water partition coefficient (Wildman–Crippen LogP) is 14.2. The number of Topliss-reactive ketones (excluding diaryl/α,β-unsaturated/α-hetero) is 1. The Hall–Kier alpha value is -2.40. The van der Waals surface area contributed by atoms with E-state index in [9.17, 15) is 48.0 Å². The third-order valence-corrected chi connectivity index (χ3v) is 20.5. The quantitative estimate of drug-likeness (QED) is 0.139. The van der Waals surface area contributed by atoms with Crippen molar-refractivity contribution in [1.29, 1.82) is 0 Å². The number of hydrogen-bond acceptors (Lipinski definition) is 11. The molecule has 3 aliphatic carbocycles. The number of halogens is 6. The third kappa shape index (κ3) is 17.6. The van der Waals surface area contributed by atoms with E-state index in [0.717, 1.165) is 85.8 Å². The highest BCUT2D eigenvalue weighted by Gasteiger charge is 2.64. The molecule has 77 heavy (non-hydrogen) atoms. The molecule has 1 aromatic carbocycles. The number of ketones is 1. The van der Waals surface area contributed by atoms with Gasteiger partial charge in [-0.15, -0.1) is 3.71 Å². The van der Waals surface area contributed by atoms with E-state index in [4.69, 9.17) is 27.9 Å². The van der Waals surface area contributed by atoms with Gasteiger partial charge in [0.25, 0.3) is 0 Å². The van der Waals surface area contributed by atoms with Gasteiger partial charge in [0.1, 0.15) is 5.78 Å². The molecule has 2 atom stereocenters. The number of rotatable bonds is 8. The van der Waals surface area contributed by atoms with Crippen molar-refractivity contribution in [3.8, 4) is 0 Å². The van der Waals surface area contributed by atoms with E-state index in [1.54, 1.807) is 5.57 Å². The molecule has 0 spiro atoms. The van der Waals surface area contributed by atoms with Crippen LogP contribution >= 0.6 is 0 Å². The first-order valence-corrected chi connectivity index (χ1v) is 30.0. The van der Waals surface area contributed by atoms with Crippen LogP contribution in [0.3, 0.4) is 0 Å². The minimum atomic E-state index is -6.81. The highest BCUT2D eigenvalue weighted by molar-refractivity contribution is 8.11. The molecule has 1 saturated carbocycles. The summed E-state index contributed by atoms with van der Waals surface area (Å²) in [5, 5.41) is 0. The highest BCUT2D eigenvalue weighted by atomic mass is 32.3. The molecule has 3 saturated heterocycles. The Morgan fingerprint density at radius 3 is 1.13 bits per heavy atom. The van der Waals surface area contributed by atoms with Crippen molar-refractivity contribution in [3.63, 3.8) is 0 Å². The van der Waals surface area contributed by atoms with Crippen molar-refractivity contribution < 1.29 is 75.9 Å². The van der Waals surface area contributed by atoms with Crippen molar-refractivity contribution in [2.45, 2.75) is 240 Å². The number of carbonyl (C=O) groups excluding carboxylic acids is 1. The molecule has 1 aromatic rings. The summed E-state index contributed by atoms with van der Waals surface area (Å²) < 4.78 is 154. The zero-order valence-electron chi connectivity index (χ0n) is 49.3. The van der Waals surface area contributed by atoms with Crippen LogP contribution in [0.2, 0.25) is 0 Å². The summed E-state index contributed by atoms with van der Waals surface area (Å²) in [4.78, 5) is 10.8. The average Bonchev–Trinajstić information content (AvgIpc) is 3.76.